The van der Waals surface area contributed by atoms with Gasteiger partial charge in [0.25, 0.3) is 5.91 Å². The van der Waals surface area contributed by atoms with Crippen LogP contribution >= 0.6 is 11.6 Å². The van der Waals surface area contributed by atoms with Crippen LogP contribution < -0.4 is 10.1 Å². The number of aromatic nitrogens is 2. The number of ether oxygens (including phenoxy) is 1. The van der Waals surface area contributed by atoms with Crippen molar-refractivity contribution in [3.63, 3.8) is 0 Å². The van der Waals surface area contributed by atoms with E-state index in [1.807, 2.05) is 37.3 Å². The van der Waals surface area contributed by atoms with Crippen LogP contribution in [0.4, 0.5) is 4.39 Å². The zero-order valence-electron chi connectivity index (χ0n) is 14.7. The predicted octanol–water partition coefficient (Wildman–Crippen LogP) is 4.52. The monoisotopic (exact) mass is 387 g/mol. The average Bonchev–Trinajstić information content (AvgIpc) is 3.18. The molecular formula is C20H19ClFN3O2. The second-order valence-corrected chi connectivity index (χ2v) is 6.35. The SMILES string of the molecule is CCC(NC(=O)COc1ccc(F)c(Cl)c1)c1ncc(-c2ccccc2)[nH]1. The Bertz CT molecular complexity index is 915. The molecule has 7 heteroatoms. The van der Waals surface area contributed by atoms with E-state index >= 15 is 0 Å². The molecule has 0 aliphatic heterocycles. The van der Waals surface area contributed by atoms with Crippen LogP contribution in [0.2, 0.25) is 5.02 Å². The molecule has 0 spiro atoms. The topological polar surface area (TPSA) is 67.0 Å². The number of nitrogens with zero attached hydrogens (tertiary/aromatic N) is 1. The van der Waals surface area contributed by atoms with Crippen LogP contribution in [0, 0.1) is 5.82 Å². The van der Waals surface area contributed by atoms with E-state index in [-0.39, 0.29) is 23.6 Å². The molecule has 3 aromatic rings. The third-order valence-corrected chi connectivity index (χ3v) is 4.30. The summed E-state index contributed by atoms with van der Waals surface area (Å²) in [7, 11) is 0. The lowest BCUT2D eigenvalue weighted by Crippen LogP contribution is -2.33. The number of aromatic amines is 1. The first-order chi connectivity index (χ1) is 13.1. The number of rotatable bonds is 7. The Hall–Kier alpha value is -2.86. The molecule has 0 saturated heterocycles. The van der Waals surface area contributed by atoms with Crippen LogP contribution in [-0.4, -0.2) is 22.5 Å². The molecule has 3 rings (SSSR count). The minimum absolute atomic E-state index is 0.0524. The number of hydrogen-bond acceptors (Lipinski definition) is 3. The lowest BCUT2D eigenvalue weighted by Gasteiger charge is -2.15. The molecule has 1 heterocycles. The molecule has 1 atom stereocenters. The molecule has 0 saturated carbocycles. The first-order valence-corrected chi connectivity index (χ1v) is 8.92. The third-order valence-electron chi connectivity index (χ3n) is 4.01. The fraction of sp³-hybridized carbons (Fsp3) is 0.200. The molecule has 0 bridgehead atoms. The first-order valence-electron chi connectivity index (χ1n) is 8.54. The summed E-state index contributed by atoms with van der Waals surface area (Å²) in [6.07, 6.45) is 2.41. The Balaban J connectivity index is 1.60. The van der Waals surface area contributed by atoms with Crippen molar-refractivity contribution in [1.82, 2.24) is 15.3 Å². The van der Waals surface area contributed by atoms with Crippen LogP contribution in [-0.2, 0) is 4.79 Å². The second kappa shape index (κ2) is 8.68. The zero-order chi connectivity index (χ0) is 19.2. The highest BCUT2D eigenvalue weighted by Crippen LogP contribution is 2.22. The number of imidazole rings is 1. The predicted molar refractivity (Wildman–Crippen MR) is 102 cm³/mol. The summed E-state index contributed by atoms with van der Waals surface area (Å²) in [5, 5.41) is 2.83. The lowest BCUT2D eigenvalue weighted by atomic mass is 10.2. The highest BCUT2D eigenvalue weighted by Gasteiger charge is 2.17. The van der Waals surface area contributed by atoms with Gasteiger partial charge in [0.15, 0.2) is 6.61 Å². The van der Waals surface area contributed by atoms with E-state index in [0.717, 1.165) is 11.3 Å². The number of hydrogen-bond donors (Lipinski definition) is 2. The fourth-order valence-corrected chi connectivity index (χ4v) is 2.76. The smallest absolute Gasteiger partial charge is 0.258 e. The standard InChI is InChI=1S/C20H19ClFN3O2/c1-2-17(20-23-11-18(25-20)13-6-4-3-5-7-13)24-19(26)12-27-14-8-9-16(22)15(21)10-14/h3-11,17H,2,12H2,1H3,(H,23,25)(H,24,26). The Morgan fingerprint density at radius 1 is 1.30 bits per heavy atom. The van der Waals surface area contributed by atoms with Crippen LogP contribution in [0.5, 0.6) is 5.75 Å². The minimum Gasteiger partial charge on any atom is -0.484 e. The van der Waals surface area contributed by atoms with E-state index in [1.54, 1.807) is 6.20 Å². The molecule has 0 aliphatic carbocycles. The van der Waals surface area contributed by atoms with E-state index in [4.69, 9.17) is 16.3 Å². The van der Waals surface area contributed by atoms with E-state index in [0.29, 0.717) is 18.0 Å². The number of H-pyrrole nitrogens is 1. The average molecular weight is 388 g/mol. The number of amides is 1. The number of halogens is 2. The van der Waals surface area contributed by atoms with Gasteiger partial charge in [0, 0.05) is 6.07 Å². The van der Waals surface area contributed by atoms with Crippen molar-refractivity contribution in [2.75, 3.05) is 6.61 Å². The zero-order valence-corrected chi connectivity index (χ0v) is 15.5. The molecule has 1 unspecified atom stereocenters. The molecule has 0 aliphatic rings. The molecule has 1 amide bonds. The van der Waals surface area contributed by atoms with Crippen LogP contribution in [0.25, 0.3) is 11.3 Å². The number of carbonyl (C=O) groups excluding carboxylic acids is 1. The number of nitrogens with one attached hydrogen (secondary N) is 2. The van der Waals surface area contributed by atoms with E-state index < -0.39 is 5.82 Å². The van der Waals surface area contributed by atoms with Crippen LogP contribution in [0.1, 0.15) is 25.2 Å². The molecule has 1 aromatic heterocycles. The van der Waals surface area contributed by atoms with Crippen molar-refractivity contribution >= 4 is 17.5 Å². The first kappa shape index (κ1) is 18.9. The van der Waals surface area contributed by atoms with Gasteiger partial charge in [-0.25, -0.2) is 9.37 Å². The van der Waals surface area contributed by atoms with Crippen LogP contribution in [0.3, 0.4) is 0 Å². The van der Waals surface area contributed by atoms with Gasteiger partial charge in [0.2, 0.25) is 0 Å². The Labute approximate surface area is 161 Å². The summed E-state index contributed by atoms with van der Waals surface area (Å²) in [6, 6.07) is 13.5. The maximum Gasteiger partial charge on any atom is 0.258 e. The lowest BCUT2D eigenvalue weighted by molar-refractivity contribution is -0.123. The third kappa shape index (κ3) is 4.86. The van der Waals surface area contributed by atoms with Crippen molar-refractivity contribution in [2.45, 2.75) is 19.4 Å². The van der Waals surface area contributed by atoms with Gasteiger partial charge in [-0.15, -0.1) is 0 Å². The van der Waals surface area contributed by atoms with Gasteiger partial charge in [-0.1, -0.05) is 48.9 Å². The molecule has 0 fully saturated rings. The Kier molecular flexibility index (Phi) is 6.08. The van der Waals surface area contributed by atoms with Crippen molar-refractivity contribution in [1.29, 1.82) is 0 Å². The normalized spacial score (nSPS) is 11.8. The molecule has 2 aromatic carbocycles. The van der Waals surface area contributed by atoms with Gasteiger partial charge >= 0.3 is 0 Å². The molecule has 0 radical (unpaired) electrons. The summed E-state index contributed by atoms with van der Waals surface area (Å²) < 4.78 is 18.5. The molecule has 2 N–H and O–H groups in total. The molecular weight excluding hydrogens is 369 g/mol. The van der Waals surface area contributed by atoms with Gasteiger partial charge in [0.1, 0.15) is 17.4 Å². The van der Waals surface area contributed by atoms with Crippen LogP contribution in [0.15, 0.2) is 54.7 Å². The minimum atomic E-state index is -0.536. The van der Waals surface area contributed by atoms with Crippen molar-refractivity contribution in [3.05, 3.63) is 71.4 Å². The molecule has 5 nitrogen and oxygen atoms in total. The van der Waals surface area contributed by atoms with E-state index in [1.165, 1.54) is 18.2 Å². The summed E-state index contributed by atoms with van der Waals surface area (Å²) in [4.78, 5) is 19.8. The summed E-state index contributed by atoms with van der Waals surface area (Å²) in [6.45, 7) is 1.75. The van der Waals surface area contributed by atoms with Gasteiger partial charge < -0.3 is 15.0 Å². The maximum atomic E-state index is 13.2. The second-order valence-electron chi connectivity index (χ2n) is 5.94. The van der Waals surface area contributed by atoms with E-state index in [9.17, 15) is 9.18 Å². The van der Waals surface area contributed by atoms with Crippen molar-refractivity contribution in [3.8, 4) is 17.0 Å². The Morgan fingerprint density at radius 2 is 2.07 bits per heavy atom. The summed E-state index contributed by atoms with van der Waals surface area (Å²) >= 11 is 5.70. The largest absolute Gasteiger partial charge is 0.484 e. The van der Waals surface area contributed by atoms with Crippen molar-refractivity contribution in [2.24, 2.45) is 0 Å². The Morgan fingerprint density at radius 3 is 2.78 bits per heavy atom. The van der Waals surface area contributed by atoms with E-state index in [2.05, 4.69) is 15.3 Å². The molecule has 140 valence electrons. The molecule has 27 heavy (non-hydrogen) atoms. The van der Waals surface area contributed by atoms with Gasteiger partial charge in [-0.05, 0) is 24.1 Å². The maximum absolute atomic E-state index is 13.2. The number of carbonyl (C=O) groups is 1. The quantitative estimate of drug-likeness (QED) is 0.626. The van der Waals surface area contributed by atoms with Gasteiger partial charge in [-0.2, -0.15) is 0 Å². The highest BCUT2D eigenvalue weighted by molar-refractivity contribution is 6.30. The summed E-state index contributed by atoms with van der Waals surface area (Å²) in [5.74, 6) is 0.162. The number of benzene rings is 2. The van der Waals surface area contributed by atoms with Crippen molar-refractivity contribution < 1.29 is 13.9 Å². The van der Waals surface area contributed by atoms with Gasteiger partial charge in [0.05, 0.1) is 23.0 Å². The fourth-order valence-electron chi connectivity index (χ4n) is 2.59. The highest BCUT2D eigenvalue weighted by atomic mass is 35.5. The summed E-state index contributed by atoms with van der Waals surface area (Å²) in [5.41, 5.74) is 1.91. The van der Waals surface area contributed by atoms with Gasteiger partial charge in [-0.3, -0.25) is 4.79 Å².